The van der Waals surface area contributed by atoms with E-state index < -0.39 is 0 Å². The minimum absolute atomic E-state index is 0.177. The molecular weight excluding hydrogens is 306 g/mol. The molecule has 1 aromatic carbocycles. The third-order valence-corrected chi connectivity index (χ3v) is 5.66. The Bertz CT molecular complexity index is 775. The number of ketones is 1. The number of hydrogen-bond acceptors (Lipinski definition) is 4. The fourth-order valence-electron chi connectivity index (χ4n) is 3.12. The van der Waals surface area contributed by atoms with Crippen LogP contribution in [0.3, 0.4) is 0 Å². The van der Waals surface area contributed by atoms with Crippen molar-refractivity contribution in [1.82, 2.24) is 14.8 Å². The quantitative estimate of drug-likeness (QED) is 0.611. The second kappa shape index (κ2) is 6.11. The molecular formula is C18H23N3OS. The van der Waals surface area contributed by atoms with E-state index in [4.69, 9.17) is 0 Å². The molecule has 0 saturated heterocycles. The maximum absolute atomic E-state index is 12.7. The number of aryl methyl sites for hydroxylation is 3. The second-order valence-corrected chi connectivity index (χ2v) is 7.42. The summed E-state index contributed by atoms with van der Waals surface area (Å²) in [6, 6.07) is 2.64. The lowest BCUT2D eigenvalue weighted by molar-refractivity contribution is 0.102. The zero-order valence-electron chi connectivity index (χ0n) is 14.4. The number of carbonyl (C=O) groups excluding carboxylic acids is 1. The highest BCUT2D eigenvalue weighted by Crippen LogP contribution is 2.38. The summed E-state index contributed by atoms with van der Waals surface area (Å²) in [6.45, 7) is 10.2. The van der Waals surface area contributed by atoms with Crippen LogP contribution in [0.1, 0.15) is 57.3 Å². The maximum atomic E-state index is 12.7. The Morgan fingerprint density at radius 2 is 1.83 bits per heavy atom. The summed E-state index contributed by atoms with van der Waals surface area (Å²) in [5.41, 5.74) is 5.49. The van der Waals surface area contributed by atoms with Gasteiger partial charge < -0.3 is 4.57 Å². The number of hydrogen-bond donors (Lipinski definition) is 0. The van der Waals surface area contributed by atoms with Gasteiger partial charge in [-0.1, -0.05) is 17.8 Å². The summed E-state index contributed by atoms with van der Waals surface area (Å²) in [5, 5.41) is 9.29. The van der Waals surface area contributed by atoms with Crippen molar-refractivity contribution < 1.29 is 4.79 Å². The molecule has 0 spiro atoms. The number of carbonyl (C=O) groups is 1. The summed E-state index contributed by atoms with van der Waals surface area (Å²) < 4.78 is 2.18. The van der Waals surface area contributed by atoms with E-state index in [1.165, 1.54) is 35.7 Å². The van der Waals surface area contributed by atoms with E-state index in [9.17, 15) is 4.79 Å². The van der Waals surface area contributed by atoms with Crippen LogP contribution >= 0.6 is 11.8 Å². The van der Waals surface area contributed by atoms with Crippen molar-refractivity contribution in [2.45, 2.75) is 58.7 Å². The first kappa shape index (κ1) is 16.2. The monoisotopic (exact) mass is 329 g/mol. The predicted molar refractivity (Wildman–Crippen MR) is 93.5 cm³/mol. The Morgan fingerprint density at radius 1 is 1.13 bits per heavy atom. The molecule has 1 fully saturated rings. The number of nitrogens with zero attached hydrogens (tertiary/aromatic N) is 3. The van der Waals surface area contributed by atoms with Gasteiger partial charge in [0.15, 0.2) is 10.9 Å². The molecule has 0 radical (unpaired) electrons. The molecule has 0 aliphatic heterocycles. The summed E-state index contributed by atoms with van der Waals surface area (Å²) in [7, 11) is 0. The van der Waals surface area contributed by atoms with Crippen LogP contribution in [-0.2, 0) is 0 Å². The molecule has 1 aliphatic rings. The van der Waals surface area contributed by atoms with E-state index in [-0.39, 0.29) is 5.78 Å². The van der Waals surface area contributed by atoms with Gasteiger partial charge >= 0.3 is 0 Å². The number of Topliss-reactive ketones (excluding diaryl/α,β-unsaturated/α-hetero) is 1. The molecule has 5 heteroatoms. The Balaban J connectivity index is 1.80. The summed E-state index contributed by atoms with van der Waals surface area (Å²) in [4.78, 5) is 12.7. The summed E-state index contributed by atoms with van der Waals surface area (Å²) in [5.74, 6) is 1.53. The van der Waals surface area contributed by atoms with Gasteiger partial charge in [0.25, 0.3) is 0 Å². The average Bonchev–Trinajstić information content (AvgIpc) is 3.26. The van der Waals surface area contributed by atoms with Crippen LogP contribution in [0, 0.1) is 34.6 Å². The topological polar surface area (TPSA) is 47.8 Å². The van der Waals surface area contributed by atoms with Crippen LogP contribution in [-0.4, -0.2) is 26.3 Å². The first-order valence-corrected chi connectivity index (χ1v) is 9.03. The Labute approximate surface area is 141 Å². The van der Waals surface area contributed by atoms with Crippen molar-refractivity contribution in [1.29, 1.82) is 0 Å². The van der Waals surface area contributed by atoms with Crippen LogP contribution in [0.4, 0.5) is 0 Å². The molecule has 0 bridgehead atoms. The van der Waals surface area contributed by atoms with Gasteiger partial charge in [-0.25, -0.2) is 0 Å². The minimum Gasteiger partial charge on any atom is -0.303 e. The lowest BCUT2D eigenvalue weighted by Gasteiger charge is -2.14. The highest BCUT2D eigenvalue weighted by molar-refractivity contribution is 7.99. The van der Waals surface area contributed by atoms with Crippen molar-refractivity contribution in [3.05, 3.63) is 39.7 Å². The smallest absolute Gasteiger partial charge is 0.191 e. The van der Waals surface area contributed by atoms with E-state index in [0.29, 0.717) is 11.8 Å². The van der Waals surface area contributed by atoms with Crippen LogP contribution < -0.4 is 0 Å². The standard InChI is InChI=1S/C18H23N3OS/c1-10-8-11(2)17(13(4)12(10)3)16(22)9-23-18-20-19-14(5)21(18)15-6-7-15/h8,15H,6-7,9H2,1-5H3. The van der Waals surface area contributed by atoms with E-state index in [1.54, 1.807) is 0 Å². The first-order chi connectivity index (χ1) is 10.9. The Hall–Kier alpha value is -1.62. The lowest BCUT2D eigenvalue weighted by Crippen LogP contribution is -2.10. The minimum atomic E-state index is 0.177. The molecule has 4 nitrogen and oxygen atoms in total. The molecule has 1 aromatic heterocycles. The molecule has 0 N–H and O–H groups in total. The van der Waals surface area contributed by atoms with Gasteiger partial charge in [-0.2, -0.15) is 0 Å². The largest absolute Gasteiger partial charge is 0.303 e. The van der Waals surface area contributed by atoms with Crippen LogP contribution in [0.2, 0.25) is 0 Å². The van der Waals surface area contributed by atoms with Crippen molar-refractivity contribution in [2.24, 2.45) is 0 Å². The normalized spacial score (nSPS) is 14.3. The van der Waals surface area contributed by atoms with Gasteiger partial charge in [0, 0.05) is 11.6 Å². The molecule has 0 atom stereocenters. The molecule has 1 aliphatic carbocycles. The van der Waals surface area contributed by atoms with Crippen molar-refractivity contribution in [3.8, 4) is 0 Å². The van der Waals surface area contributed by atoms with Gasteiger partial charge in [-0.15, -0.1) is 10.2 Å². The van der Waals surface area contributed by atoms with Crippen LogP contribution in [0.25, 0.3) is 0 Å². The van der Waals surface area contributed by atoms with Gasteiger partial charge in [0.05, 0.1) is 5.75 Å². The van der Waals surface area contributed by atoms with Crippen molar-refractivity contribution in [3.63, 3.8) is 0 Å². The Morgan fingerprint density at radius 3 is 2.48 bits per heavy atom. The Kier molecular flexibility index (Phi) is 4.32. The van der Waals surface area contributed by atoms with E-state index in [2.05, 4.69) is 34.7 Å². The van der Waals surface area contributed by atoms with Gasteiger partial charge in [-0.3, -0.25) is 4.79 Å². The molecule has 1 saturated carbocycles. The van der Waals surface area contributed by atoms with Gasteiger partial charge in [0.1, 0.15) is 5.82 Å². The van der Waals surface area contributed by atoms with E-state index >= 15 is 0 Å². The molecule has 1 heterocycles. The highest BCUT2D eigenvalue weighted by atomic mass is 32.2. The van der Waals surface area contributed by atoms with Crippen LogP contribution in [0.5, 0.6) is 0 Å². The third-order valence-electron chi connectivity index (χ3n) is 4.71. The number of rotatable bonds is 5. The first-order valence-electron chi connectivity index (χ1n) is 8.05. The van der Waals surface area contributed by atoms with Crippen LogP contribution in [0.15, 0.2) is 11.2 Å². The maximum Gasteiger partial charge on any atom is 0.191 e. The summed E-state index contributed by atoms with van der Waals surface area (Å²) in [6.07, 6.45) is 2.38. The molecule has 122 valence electrons. The number of aromatic nitrogens is 3. The van der Waals surface area contributed by atoms with Gasteiger partial charge in [0.2, 0.25) is 0 Å². The zero-order valence-corrected chi connectivity index (χ0v) is 15.3. The highest BCUT2D eigenvalue weighted by Gasteiger charge is 2.28. The molecule has 0 amide bonds. The fraction of sp³-hybridized carbons (Fsp3) is 0.500. The number of benzene rings is 1. The SMILES string of the molecule is Cc1cc(C)c(C(=O)CSc2nnc(C)n2C2CC2)c(C)c1C. The second-order valence-electron chi connectivity index (χ2n) is 6.48. The van der Waals surface area contributed by atoms with Gasteiger partial charge in [-0.05, 0) is 69.7 Å². The molecule has 23 heavy (non-hydrogen) atoms. The fourth-order valence-corrected chi connectivity index (χ4v) is 4.04. The zero-order chi connectivity index (χ0) is 16.7. The lowest BCUT2D eigenvalue weighted by atomic mass is 9.92. The van der Waals surface area contributed by atoms with Crippen molar-refractivity contribution in [2.75, 3.05) is 5.75 Å². The molecule has 0 unspecified atom stereocenters. The number of thioether (sulfide) groups is 1. The molecule has 2 aromatic rings. The third kappa shape index (κ3) is 3.07. The summed E-state index contributed by atoms with van der Waals surface area (Å²) >= 11 is 1.51. The van der Waals surface area contributed by atoms with E-state index in [1.807, 2.05) is 20.8 Å². The average molecular weight is 329 g/mol. The predicted octanol–water partition coefficient (Wildman–Crippen LogP) is 4.13. The van der Waals surface area contributed by atoms with Crippen molar-refractivity contribution >= 4 is 17.5 Å². The van der Waals surface area contributed by atoms with E-state index in [0.717, 1.165) is 27.7 Å². The molecule has 3 rings (SSSR count).